The molecule has 0 amide bonds. The molecule has 0 aliphatic rings. The van der Waals surface area contributed by atoms with E-state index in [1.165, 1.54) is 18.2 Å². The van der Waals surface area contributed by atoms with Crippen molar-refractivity contribution in [3.05, 3.63) is 69.4 Å². The zero-order chi connectivity index (χ0) is 14.0. The lowest BCUT2D eigenvalue weighted by atomic mass is 10.0. The lowest BCUT2D eigenvalue weighted by Gasteiger charge is -2.05. The Labute approximate surface area is 116 Å². The van der Waals surface area contributed by atoms with Crippen LogP contribution in [0.5, 0.6) is 0 Å². The number of rotatable bonds is 3. The summed E-state index contributed by atoms with van der Waals surface area (Å²) >= 11 is 3.19. The summed E-state index contributed by atoms with van der Waals surface area (Å²) in [4.78, 5) is 11.9. The van der Waals surface area contributed by atoms with Crippen molar-refractivity contribution < 1.29 is 18.0 Å². The minimum atomic E-state index is -0.818. The van der Waals surface area contributed by atoms with E-state index in [2.05, 4.69) is 15.9 Å². The van der Waals surface area contributed by atoms with Gasteiger partial charge < -0.3 is 0 Å². The normalized spacial score (nSPS) is 10.5. The maximum Gasteiger partial charge on any atom is 0.167 e. The van der Waals surface area contributed by atoms with Crippen LogP contribution in [0.4, 0.5) is 13.2 Å². The fourth-order valence-corrected chi connectivity index (χ4v) is 2.06. The predicted octanol–water partition coefficient (Wildman–Crippen LogP) is 4.29. The molecule has 19 heavy (non-hydrogen) atoms. The number of hydrogen-bond donors (Lipinski definition) is 0. The van der Waals surface area contributed by atoms with Crippen molar-refractivity contribution in [3.63, 3.8) is 0 Å². The molecule has 2 aromatic carbocycles. The van der Waals surface area contributed by atoms with Crippen LogP contribution in [-0.4, -0.2) is 5.78 Å². The monoisotopic (exact) mass is 328 g/mol. The summed E-state index contributed by atoms with van der Waals surface area (Å²) in [5.74, 6) is -2.59. The van der Waals surface area contributed by atoms with E-state index in [1.807, 2.05) is 0 Å². The highest BCUT2D eigenvalue weighted by Gasteiger charge is 2.12. The summed E-state index contributed by atoms with van der Waals surface area (Å²) in [7, 11) is 0. The SMILES string of the molecule is O=C(Cc1cc(F)ccc1Br)c1cc(F)cc(F)c1. The van der Waals surface area contributed by atoms with E-state index in [1.54, 1.807) is 0 Å². The summed E-state index contributed by atoms with van der Waals surface area (Å²) in [6.45, 7) is 0. The summed E-state index contributed by atoms with van der Waals surface area (Å²) < 4.78 is 39.7. The minimum Gasteiger partial charge on any atom is -0.294 e. The van der Waals surface area contributed by atoms with Gasteiger partial charge >= 0.3 is 0 Å². The average molecular weight is 329 g/mol. The molecule has 2 rings (SSSR count). The van der Waals surface area contributed by atoms with Crippen molar-refractivity contribution in [3.8, 4) is 0 Å². The topological polar surface area (TPSA) is 17.1 Å². The van der Waals surface area contributed by atoms with Gasteiger partial charge in [0, 0.05) is 22.5 Å². The quantitative estimate of drug-likeness (QED) is 0.768. The molecule has 0 unspecified atom stereocenters. The van der Waals surface area contributed by atoms with E-state index in [0.717, 1.165) is 12.1 Å². The number of ketones is 1. The maximum atomic E-state index is 13.1. The van der Waals surface area contributed by atoms with Gasteiger partial charge in [-0.2, -0.15) is 0 Å². The smallest absolute Gasteiger partial charge is 0.167 e. The van der Waals surface area contributed by atoms with Crippen LogP contribution in [0.3, 0.4) is 0 Å². The van der Waals surface area contributed by atoms with Crippen molar-refractivity contribution in [1.82, 2.24) is 0 Å². The second kappa shape index (κ2) is 5.57. The number of carbonyl (C=O) groups is 1. The third-order valence-corrected chi connectivity index (χ3v) is 3.32. The number of Topliss-reactive ketones (excluding diaryl/α,β-unsaturated/α-hetero) is 1. The fourth-order valence-electron chi connectivity index (χ4n) is 1.67. The van der Waals surface area contributed by atoms with Crippen LogP contribution in [0.2, 0.25) is 0 Å². The first-order chi connectivity index (χ1) is 8.95. The first-order valence-electron chi connectivity index (χ1n) is 5.39. The zero-order valence-corrected chi connectivity index (χ0v) is 11.2. The molecule has 0 aliphatic heterocycles. The van der Waals surface area contributed by atoms with Crippen molar-refractivity contribution in [1.29, 1.82) is 0 Å². The zero-order valence-electron chi connectivity index (χ0n) is 9.59. The number of halogens is 4. The molecule has 0 heterocycles. The van der Waals surface area contributed by atoms with Gasteiger partial charge in [-0.05, 0) is 35.9 Å². The molecule has 0 saturated carbocycles. The Morgan fingerprint density at radius 2 is 1.58 bits per heavy atom. The van der Waals surface area contributed by atoms with E-state index in [9.17, 15) is 18.0 Å². The molecule has 0 aliphatic carbocycles. The van der Waals surface area contributed by atoms with E-state index < -0.39 is 23.2 Å². The van der Waals surface area contributed by atoms with E-state index in [0.29, 0.717) is 16.1 Å². The first-order valence-corrected chi connectivity index (χ1v) is 6.18. The summed E-state index contributed by atoms with van der Waals surface area (Å²) in [5.41, 5.74) is 0.350. The molecule has 0 spiro atoms. The predicted molar refractivity (Wildman–Crippen MR) is 68.5 cm³/mol. The molecule has 0 bridgehead atoms. The van der Waals surface area contributed by atoms with Crippen LogP contribution in [-0.2, 0) is 6.42 Å². The van der Waals surface area contributed by atoms with Crippen LogP contribution in [0.1, 0.15) is 15.9 Å². The summed E-state index contributed by atoms with van der Waals surface area (Å²) in [6.07, 6.45) is -0.138. The Morgan fingerprint density at radius 3 is 2.21 bits per heavy atom. The fraction of sp³-hybridized carbons (Fsp3) is 0.0714. The summed E-state index contributed by atoms with van der Waals surface area (Å²) in [5, 5.41) is 0. The summed E-state index contributed by atoms with van der Waals surface area (Å²) in [6, 6.07) is 6.54. The molecule has 98 valence electrons. The Balaban J connectivity index is 2.28. The van der Waals surface area contributed by atoms with Crippen LogP contribution < -0.4 is 0 Å². The molecule has 2 aromatic rings. The van der Waals surface area contributed by atoms with Gasteiger partial charge in [0.1, 0.15) is 17.5 Å². The van der Waals surface area contributed by atoms with Crippen molar-refractivity contribution in [2.75, 3.05) is 0 Å². The largest absolute Gasteiger partial charge is 0.294 e. The molecular weight excluding hydrogens is 321 g/mol. The second-order valence-electron chi connectivity index (χ2n) is 3.99. The van der Waals surface area contributed by atoms with Gasteiger partial charge in [0.2, 0.25) is 0 Å². The van der Waals surface area contributed by atoms with Crippen LogP contribution in [0.15, 0.2) is 40.9 Å². The van der Waals surface area contributed by atoms with Gasteiger partial charge in [0.25, 0.3) is 0 Å². The maximum absolute atomic E-state index is 13.1. The van der Waals surface area contributed by atoms with Crippen molar-refractivity contribution >= 4 is 21.7 Å². The highest BCUT2D eigenvalue weighted by molar-refractivity contribution is 9.10. The van der Waals surface area contributed by atoms with Crippen LogP contribution in [0, 0.1) is 17.5 Å². The van der Waals surface area contributed by atoms with E-state index >= 15 is 0 Å². The van der Waals surface area contributed by atoms with Crippen molar-refractivity contribution in [2.45, 2.75) is 6.42 Å². The molecular formula is C14H8BrF3O. The molecule has 0 aromatic heterocycles. The van der Waals surface area contributed by atoms with Gasteiger partial charge in [0.15, 0.2) is 5.78 Å². The molecule has 0 fully saturated rings. The number of carbonyl (C=O) groups excluding carboxylic acids is 1. The molecule has 0 radical (unpaired) electrons. The Kier molecular flexibility index (Phi) is 4.04. The van der Waals surface area contributed by atoms with Gasteiger partial charge in [-0.15, -0.1) is 0 Å². The minimum absolute atomic E-state index is 0.0753. The standard InChI is InChI=1S/C14H8BrF3O/c15-13-2-1-10(16)3-8(13)6-14(19)9-4-11(17)7-12(18)5-9/h1-5,7H,6H2. The third-order valence-electron chi connectivity index (χ3n) is 2.54. The number of benzene rings is 2. The Morgan fingerprint density at radius 1 is 0.947 bits per heavy atom. The first kappa shape index (κ1) is 13.8. The average Bonchev–Trinajstić information content (AvgIpc) is 2.32. The Hall–Kier alpha value is -1.62. The molecule has 5 heteroatoms. The van der Waals surface area contributed by atoms with Gasteiger partial charge in [0.05, 0.1) is 0 Å². The van der Waals surface area contributed by atoms with Gasteiger partial charge in [-0.1, -0.05) is 15.9 Å². The van der Waals surface area contributed by atoms with Crippen LogP contribution >= 0.6 is 15.9 Å². The molecule has 1 nitrogen and oxygen atoms in total. The van der Waals surface area contributed by atoms with Gasteiger partial charge in [-0.25, -0.2) is 13.2 Å². The molecule has 0 saturated heterocycles. The molecule has 0 atom stereocenters. The highest BCUT2D eigenvalue weighted by Crippen LogP contribution is 2.20. The Bertz CT molecular complexity index is 620. The lowest BCUT2D eigenvalue weighted by Crippen LogP contribution is -2.05. The second-order valence-corrected chi connectivity index (χ2v) is 4.85. The number of hydrogen-bond acceptors (Lipinski definition) is 1. The molecule has 0 N–H and O–H groups in total. The third kappa shape index (κ3) is 3.44. The van der Waals surface area contributed by atoms with E-state index in [-0.39, 0.29) is 12.0 Å². The van der Waals surface area contributed by atoms with Gasteiger partial charge in [-0.3, -0.25) is 4.79 Å². The lowest BCUT2D eigenvalue weighted by molar-refractivity contribution is 0.0992. The van der Waals surface area contributed by atoms with E-state index in [4.69, 9.17) is 0 Å². The van der Waals surface area contributed by atoms with Crippen LogP contribution in [0.25, 0.3) is 0 Å². The van der Waals surface area contributed by atoms with Crippen molar-refractivity contribution in [2.24, 2.45) is 0 Å². The highest BCUT2D eigenvalue weighted by atomic mass is 79.9.